The molecule has 4 aliphatic heterocycles. The fourth-order valence-corrected chi connectivity index (χ4v) is 9.17. The quantitative estimate of drug-likeness (QED) is 0.173. The highest BCUT2D eigenvalue weighted by Crippen LogP contribution is 2.34. The topological polar surface area (TPSA) is 191 Å². The number of unbranched alkanes of at least 4 members (excludes halogenated alkanes) is 1. The van der Waals surface area contributed by atoms with Crippen molar-refractivity contribution >= 4 is 35.4 Å². The summed E-state index contributed by atoms with van der Waals surface area (Å²) in [4.78, 5) is 87.0. The molecule has 55 heavy (non-hydrogen) atoms. The molecular formula is C41H72N8O6. The largest absolute Gasteiger partial charge is 0.370 e. The number of nitrogens with zero attached hydrogens (tertiary/aromatic N) is 4. The van der Waals surface area contributed by atoms with Crippen LogP contribution in [0, 0.1) is 22.7 Å². The normalized spacial score (nSPS) is 23.5. The molecule has 0 bridgehead atoms. The molecule has 4 atom stereocenters. The summed E-state index contributed by atoms with van der Waals surface area (Å²) in [5.74, 6) is -0.449. The molecule has 0 saturated carbocycles. The van der Waals surface area contributed by atoms with E-state index in [4.69, 9.17) is 11.5 Å². The number of hydrogen-bond donors (Lipinski definition) is 4. The minimum Gasteiger partial charge on any atom is -0.370 e. The van der Waals surface area contributed by atoms with Crippen LogP contribution in [0.4, 0.5) is 0 Å². The molecular weight excluding hydrogens is 701 g/mol. The SMILES string of the molecule is CCCC[C@@H](C(=O)N1CCC(CC(N)=O)CC1)N1CCN[C@@H](CC(C)(C)CC[C@@H](C(=O)N2CCC(CC(N)=O)CC2)N2CCN[C@@H](CC(C)(C)C)C2=O)C1=O. The predicted molar refractivity (Wildman–Crippen MR) is 212 cm³/mol. The van der Waals surface area contributed by atoms with E-state index in [0.29, 0.717) is 110 Å². The number of piperazine rings is 2. The van der Waals surface area contributed by atoms with Gasteiger partial charge in [0.1, 0.15) is 12.1 Å². The molecule has 4 aliphatic rings. The van der Waals surface area contributed by atoms with Crippen LogP contribution in [0.5, 0.6) is 0 Å². The average molecular weight is 773 g/mol. The van der Waals surface area contributed by atoms with E-state index in [1.54, 1.807) is 9.80 Å². The number of amides is 6. The first kappa shape index (κ1) is 44.5. The van der Waals surface area contributed by atoms with Gasteiger partial charge >= 0.3 is 0 Å². The summed E-state index contributed by atoms with van der Waals surface area (Å²) in [6, 6.07) is -1.99. The summed E-state index contributed by atoms with van der Waals surface area (Å²) < 4.78 is 0. The highest BCUT2D eigenvalue weighted by Gasteiger charge is 2.43. The lowest BCUT2D eigenvalue weighted by Gasteiger charge is -2.44. The van der Waals surface area contributed by atoms with Gasteiger partial charge in [-0.2, -0.15) is 0 Å². The minimum atomic E-state index is -0.626. The van der Waals surface area contributed by atoms with Gasteiger partial charge in [0.15, 0.2) is 0 Å². The van der Waals surface area contributed by atoms with Crippen LogP contribution in [0.25, 0.3) is 0 Å². The van der Waals surface area contributed by atoms with Gasteiger partial charge in [-0.3, -0.25) is 28.8 Å². The molecule has 312 valence electrons. The van der Waals surface area contributed by atoms with Crippen molar-refractivity contribution in [2.45, 2.75) is 149 Å². The maximum atomic E-state index is 14.4. The number of hydrogen-bond acceptors (Lipinski definition) is 8. The minimum absolute atomic E-state index is 0.00953. The van der Waals surface area contributed by atoms with Crippen LogP contribution in [0.15, 0.2) is 0 Å². The van der Waals surface area contributed by atoms with Crippen LogP contribution < -0.4 is 22.1 Å². The first-order chi connectivity index (χ1) is 25.9. The van der Waals surface area contributed by atoms with Gasteiger partial charge in [0.2, 0.25) is 35.4 Å². The van der Waals surface area contributed by atoms with Crippen LogP contribution in [-0.4, -0.2) is 132 Å². The van der Waals surface area contributed by atoms with E-state index in [2.05, 4.69) is 52.2 Å². The Kier molecular flexibility index (Phi) is 16.0. The van der Waals surface area contributed by atoms with Gasteiger partial charge in [0.25, 0.3) is 0 Å². The second-order valence-electron chi connectivity index (χ2n) is 18.8. The zero-order chi connectivity index (χ0) is 40.5. The molecule has 0 aromatic heterocycles. The third-order valence-electron chi connectivity index (χ3n) is 12.3. The summed E-state index contributed by atoms with van der Waals surface area (Å²) >= 11 is 0. The highest BCUT2D eigenvalue weighted by molar-refractivity contribution is 5.91. The summed E-state index contributed by atoms with van der Waals surface area (Å²) in [6.45, 7) is 17.0. The smallest absolute Gasteiger partial charge is 0.245 e. The Labute approximate surface area is 329 Å². The number of likely N-dealkylation sites (tertiary alicyclic amines) is 2. The van der Waals surface area contributed by atoms with Crippen molar-refractivity contribution in [1.82, 2.24) is 30.2 Å². The van der Waals surface area contributed by atoms with Crippen molar-refractivity contribution in [1.29, 1.82) is 0 Å². The van der Waals surface area contributed by atoms with Crippen LogP contribution in [0.3, 0.4) is 0 Å². The number of rotatable bonds is 17. The number of carbonyl (C=O) groups excluding carboxylic acids is 6. The van der Waals surface area contributed by atoms with Crippen molar-refractivity contribution in [2.75, 3.05) is 52.4 Å². The maximum absolute atomic E-state index is 14.4. The van der Waals surface area contributed by atoms with Crippen LogP contribution in [0.1, 0.15) is 125 Å². The molecule has 4 rings (SSSR count). The van der Waals surface area contributed by atoms with Gasteiger partial charge in [-0.1, -0.05) is 54.4 Å². The third-order valence-corrected chi connectivity index (χ3v) is 12.3. The van der Waals surface area contributed by atoms with E-state index in [1.165, 1.54) is 0 Å². The Balaban J connectivity index is 1.45. The van der Waals surface area contributed by atoms with Gasteiger partial charge in [-0.05, 0) is 80.5 Å². The zero-order valence-corrected chi connectivity index (χ0v) is 34.7. The molecule has 4 saturated heterocycles. The third kappa shape index (κ3) is 12.9. The van der Waals surface area contributed by atoms with Crippen LogP contribution in [0.2, 0.25) is 0 Å². The number of nitrogens with one attached hydrogen (secondary N) is 2. The van der Waals surface area contributed by atoms with Gasteiger partial charge < -0.3 is 41.7 Å². The highest BCUT2D eigenvalue weighted by atomic mass is 16.2. The number of carbonyl (C=O) groups is 6. The average Bonchev–Trinajstić information content (AvgIpc) is 3.10. The van der Waals surface area contributed by atoms with E-state index in [-0.39, 0.29) is 64.2 Å². The van der Waals surface area contributed by atoms with E-state index >= 15 is 0 Å². The lowest BCUT2D eigenvalue weighted by molar-refractivity contribution is -0.151. The fourth-order valence-electron chi connectivity index (χ4n) is 9.17. The molecule has 4 heterocycles. The Bertz CT molecular complexity index is 1350. The molecule has 0 aromatic rings. The van der Waals surface area contributed by atoms with Gasteiger partial charge in [-0.15, -0.1) is 0 Å². The van der Waals surface area contributed by atoms with E-state index in [0.717, 1.165) is 25.7 Å². The zero-order valence-electron chi connectivity index (χ0n) is 34.7. The molecule has 0 aromatic carbocycles. The molecule has 14 heteroatoms. The molecule has 4 fully saturated rings. The maximum Gasteiger partial charge on any atom is 0.245 e. The molecule has 6 N–H and O–H groups in total. The Morgan fingerprint density at radius 3 is 1.49 bits per heavy atom. The predicted octanol–water partition coefficient (Wildman–Crippen LogP) is 2.38. The lowest BCUT2D eigenvalue weighted by Crippen LogP contribution is -2.63. The van der Waals surface area contributed by atoms with E-state index in [1.807, 2.05) is 9.80 Å². The van der Waals surface area contributed by atoms with E-state index < -0.39 is 18.1 Å². The molecule has 0 radical (unpaired) electrons. The van der Waals surface area contributed by atoms with E-state index in [9.17, 15) is 28.8 Å². The second kappa shape index (κ2) is 19.7. The first-order valence-corrected chi connectivity index (χ1v) is 21.1. The van der Waals surface area contributed by atoms with Crippen LogP contribution in [-0.2, 0) is 28.8 Å². The molecule has 6 amide bonds. The summed E-state index contributed by atoms with van der Waals surface area (Å²) in [5, 5.41) is 6.84. The molecule has 0 aliphatic carbocycles. The van der Waals surface area contributed by atoms with Crippen molar-refractivity contribution in [3.63, 3.8) is 0 Å². The Hall–Kier alpha value is -3.26. The fraction of sp³-hybridized carbons (Fsp3) is 0.854. The molecule has 0 spiro atoms. The monoisotopic (exact) mass is 773 g/mol. The summed E-state index contributed by atoms with van der Waals surface area (Å²) in [6.07, 6.45) is 8.16. The van der Waals surface area contributed by atoms with Crippen molar-refractivity contribution in [3.8, 4) is 0 Å². The van der Waals surface area contributed by atoms with Crippen LogP contribution >= 0.6 is 0 Å². The Morgan fingerprint density at radius 2 is 1.09 bits per heavy atom. The van der Waals surface area contributed by atoms with Crippen molar-refractivity contribution < 1.29 is 28.8 Å². The molecule has 0 unspecified atom stereocenters. The number of piperidine rings is 2. The number of nitrogens with two attached hydrogens (primary N) is 2. The number of primary amides is 2. The van der Waals surface area contributed by atoms with Gasteiger partial charge in [0, 0.05) is 65.2 Å². The lowest BCUT2D eigenvalue weighted by atomic mass is 9.79. The summed E-state index contributed by atoms with van der Waals surface area (Å²) in [5.41, 5.74) is 10.5. The van der Waals surface area contributed by atoms with Crippen molar-refractivity contribution in [2.24, 2.45) is 34.1 Å². The molecule has 14 nitrogen and oxygen atoms in total. The summed E-state index contributed by atoms with van der Waals surface area (Å²) in [7, 11) is 0. The van der Waals surface area contributed by atoms with Crippen molar-refractivity contribution in [3.05, 3.63) is 0 Å². The second-order valence-corrected chi connectivity index (χ2v) is 18.8. The first-order valence-electron chi connectivity index (χ1n) is 21.1. The standard InChI is InChI=1S/C41H72N8O6/c1-7-8-9-32(38(54)46-18-11-28(12-19-46)24-34(42)50)48-22-17-45-31(37(48)53)27-41(5,6)15-10-33(39(55)47-20-13-29(14-21-47)25-35(43)51)49-23-16-44-30(36(49)52)26-40(2,3)4/h28-33,44-45H,7-27H2,1-6H3,(H2,42,50)(H2,43,51)/t30-,31-,32-,33-/m0/s1. The Morgan fingerprint density at radius 1 is 0.673 bits per heavy atom. The van der Waals surface area contributed by atoms with Gasteiger partial charge in [0.05, 0.1) is 12.1 Å². The van der Waals surface area contributed by atoms with Gasteiger partial charge in [-0.25, -0.2) is 0 Å².